The lowest BCUT2D eigenvalue weighted by molar-refractivity contribution is -0.134. The monoisotopic (exact) mass is 381 g/mol. The van der Waals surface area contributed by atoms with Gasteiger partial charge in [0.15, 0.2) is 0 Å². The van der Waals surface area contributed by atoms with E-state index in [9.17, 15) is 9.59 Å². The van der Waals surface area contributed by atoms with Crippen LogP contribution in [0.1, 0.15) is 31.9 Å². The number of rotatable bonds is 8. The van der Waals surface area contributed by atoms with E-state index >= 15 is 0 Å². The van der Waals surface area contributed by atoms with Gasteiger partial charge < -0.3 is 10.2 Å². The van der Waals surface area contributed by atoms with E-state index in [1.165, 1.54) is 0 Å². The first kappa shape index (κ1) is 21.6. The van der Waals surface area contributed by atoms with Crippen LogP contribution < -0.4 is 5.32 Å². The molecule has 2 rings (SSSR count). The van der Waals surface area contributed by atoms with Crippen molar-refractivity contribution in [3.05, 3.63) is 71.8 Å². The minimum atomic E-state index is -0.283. The fourth-order valence-corrected chi connectivity index (χ4v) is 2.93. The van der Waals surface area contributed by atoms with E-state index in [1.807, 2.05) is 86.3 Å². The molecule has 2 amide bonds. The van der Waals surface area contributed by atoms with Crippen molar-refractivity contribution in [1.82, 2.24) is 15.1 Å². The molecule has 0 aliphatic heterocycles. The molecular formula is C23H31N3O2. The number of nitrogens with one attached hydrogen (secondary N) is 1. The third kappa shape index (κ3) is 7.92. The highest BCUT2D eigenvalue weighted by atomic mass is 16.2. The third-order valence-electron chi connectivity index (χ3n) is 4.12. The van der Waals surface area contributed by atoms with E-state index in [4.69, 9.17) is 0 Å². The molecule has 0 heterocycles. The van der Waals surface area contributed by atoms with Crippen LogP contribution >= 0.6 is 0 Å². The normalized spacial score (nSPS) is 11.3. The number of hydrogen-bond donors (Lipinski definition) is 1. The summed E-state index contributed by atoms with van der Waals surface area (Å²) in [5.74, 6) is -0.0840. The van der Waals surface area contributed by atoms with E-state index < -0.39 is 0 Å². The molecule has 0 radical (unpaired) electrons. The fourth-order valence-electron chi connectivity index (χ4n) is 2.93. The summed E-state index contributed by atoms with van der Waals surface area (Å²) < 4.78 is 0. The first-order valence-electron chi connectivity index (χ1n) is 9.58. The molecule has 0 bridgehead atoms. The van der Waals surface area contributed by atoms with Crippen LogP contribution in [0, 0.1) is 0 Å². The Balaban J connectivity index is 2.02. The summed E-state index contributed by atoms with van der Waals surface area (Å²) in [6.45, 7) is 7.28. The lowest BCUT2D eigenvalue weighted by Gasteiger charge is -2.27. The van der Waals surface area contributed by atoms with E-state index in [1.54, 1.807) is 11.9 Å². The van der Waals surface area contributed by atoms with Crippen LogP contribution in [0.5, 0.6) is 0 Å². The molecule has 5 heteroatoms. The Bertz CT molecular complexity index is 713. The molecule has 0 spiro atoms. The zero-order valence-corrected chi connectivity index (χ0v) is 17.3. The van der Waals surface area contributed by atoms with Crippen LogP contribution in [0.25, 0.3) is 0 Å². The summed E-state index contributed by atoms with van der Waals surface area (Å²) in [5, 5.41) is 2.93. The first-order valence-corrected chi connectivity index (χ1v) is 9.58. The number of nitrogens with zero attached hydrogens (tertiary/aromatic N) is 2. The van der Waals surface area contributed by atoms with Crippen molar-refractivity contribution in [3.63, 3.8) is 0 Å². The van der Waals surface area contributed by atoms with Crippen molar-refractivity contribution >= 4 is 11.8 Å². The largest absolute Gasteiger partial charge is 0.350 e. The van der Waals surface area contributed by atoms with Gasteiger partial charge in [0.25, 0.3) is 0 Å². The zero-order valence-electron chi connectivity index (χ0n) is 17.3. The number of hydrogen-bond acceptors (Lipinski definition) is 3. The Kier molecular flexibility index (Phi) is 7.76. The summed E-state index contributed by atoms with van der Waals surface area (Å²) in [5.41, 5.74) is 1.88. The SMILES string of the molecule is CN(CC(=O)NC(C)(C)C)CC(=O)N(Cc1ccccc1)Cc1ccccc1. The molecule has 0 atom stereocenters. The maximum atomic E-state index is 13.0. The lowest BCUT2D eigenvalue weighted by Crippen LogP contribution is -2.47. The van der Waals surface area contributed by atoms with Crippen molar-refractivity contribution in [1.29, 1.82) is 0 Å². The molecule has 0 aliphatic carbocycles. The average Bonchev–Trinajstić information content (AvgIpc) is 2.61. The maximum absolute atomic E-state index is 13.0. The molecule has 2 aromatic rings. The minimum Gasteiger partial charge on any atom is -0.350 e. The van der Waals surface area contributed by atoms with E-state index in [0.29, 0.717) is 13.1 Å². The number of carbonyl (C=O) groups excluding carboxylic acids is 2. The number of likely N-dealkylation sites (N-methyl/N-ethyl adjacent to an activating group) is 1. The smallest absolute Gasteiger partial charge is 0.237 e. The summed E-state index contributed by atoms with van der Waals surface area (Å²) in [6, 6.07) is 19.9. The molecule has 0 saturated carbocycles. The molecule has 0 unspecified atom stereocenters. The molecule has 150 valence electrons. The van der Waals surface area contributed by atoms with Crippen molar-refractivity contribution in [2.75, 3.05) is 20.1 Å². The lowest BCUT2D eigenvalue weighted by atomic mass is 10.1. The van der Waals surface area contributed by atoms with Gasteiger partial charge in [0.2, 0.25) is 11.8 Å². The average molecular weight is 382 g/mol. The van der Waals surface area contributed by atoms with Crippen LogP contribution in [0.2, 0.25) is 0 Å². The minimum absolute atomic E-state index is 0.00114. The van der Waals surface area contributed by atoms with Crippen LogP contribution in [0.3, 0.4) is 0 Å². The van der Waals surface area contributed by atoms with Crippen molar-refractivity contribution in [2.45, 2.75) is 39.4 Å². The van der Waals surface area contributed by atoms with Gasteiger partial charge in [-0.1, -0.05) is 60.7 Å². The Morgan fingerprint density at radius 1 is 0.821 bits per heavy atom. The second kappa shape index (κ2) is 10.0. The molecule has 5 nitrogen and oxygen atoms in total. The quantitative estimate of drug-likeness (QED) is 0.765. The zero-order chi connectivity index (χ0) is 20.6. The summed E-state index contributed by atoms with van der Waals surface area (Å²) in [4.78, 5) is 28.7. The summed E-state index contributed by atoms with van der Waals surface area (Å²) in [7, 11) is 1.79. The van der Waals surface area contributed by atoms with Gasteiger partial charge in [-0.3, -0.25) is 14.5 Å². The fraction of sp³-hybridized carbons (Fsp3) is 0.391. The second-order valence-corrected chi connectivity index (χ2v) is 8.19. The highest BCUT2D eigenvalue weighted by Crippen LogP contribution is 2.11. The highest BCUT2D eigenvalue weighted by Gasteiger charge is 2.19. The van der Waals surface area contributed by atoms with Crippen LogP contribution in [-0.2, 0) is 22.7 Å². The molecule has 0 aromatic heterocycles. The highest BCUT2D eigenvalue weighted by molar-refractivity contribution is 5.81. The van der Waals surface area contributed by atoms with Crippen LogP contribution in [-0.4, -0.2) is 47.3 Å². The topological polar surface area (TPSA) is 52.7 Å². The van der Waals surface area contributed by atoms with Gasteiger partial charge in [0, 0.05) is 18.6 Å². The van der Waals surface area contributed by atoms with Gasteiger partial charge in [-0.25, -0.2) is 0 Å². The van der Waals surface area contributed by atoms with Gasteiger partial charge in [0.1, 0.15) is 0 Å². The molecule has 0 saturated heterocycles. The van der Waals surface area contributed by atoms with Gasteiger partial charge in [-0.05, 0) is 38.9 Å². The van der Waals surface area contributed by atoms with Crippen molar-refractivity contribution < 1.29 is 9.59 Å². The van der Waals surface area contributed by atoms with Gasteiger partial charge in [-0.2, -0.15) is 0 Å². The van der Waals surface area contributed by atoms with Crippen LogP contribution in [0.15, 0.2) is 60.7 Å². The predicted molar refractivity (Wildman–Crippen MR) is 113 cm³/mol. The van der Waals surface area contributed by atoms with Gasteiger partial charge >= 0.3 is 0 Å². The second-order valence-electron chi connectivity index (χ2n) is 8.19. The molecule has 28 heavy (non-hydrogen) atoms. The van der Waals surface area contributed by atoms with Gasteiger partial charge in [-0.15, -0.1) is 0 Å². The van der Waals surface area contributed by atoms with E-state index in [0.717, 1.165) is 11.1 Å². The van der Waals surface area contributed by atoms with Gasteiger partial charge in [0.05, 0.1) is 13.1 Å². The Morgan fingerprint density at radius 2 is 1.29 bits per heavy atom. The molecule has 1 N–H and O–H groups in total. The molecule has 0 fully saturated rings. The van der Waals surface area contributed by atoms with E-state index in [-0.39, 0.29) is 30.4 Å². The summed E-state index contributed by atoms with van der Waals surface area (Å²) >= 11 is 0. The first-order chi connectivity index (χ1) is 13.2. The molecular weight excluding hydrogens is 350 g/mol. The Labute approximate surface area is 168 Å². The van der Waals surface area contributed by atoms with Crippen molar-refractivity contribution in [3.8, 4) is 0 Å². The molecule has 0 aliphatic rings. The third-order valence-corrected chi connectivity index (χ3v) is 4.12. The maximum Gasteiger partial charge on any atom is 0.237 e. The Hall–Kier alpha value is -2.66. The van der Waals surface area contributed by atoms with Crippen molar-refractivity contribution in [2.24, 2.45) is 0 Å². The van der Waals surface area contributed by atoms with E-state index in [2.05, 4.69) is 5.32 Å². The summed E-state index contributed by atoms with van der Waals surface area (Å²) in [6.07, 6.45) is 0. The Morgan fingerprint density at radius 3 is 1.71 bits per heavy atom. The molecule has 2 aromatic carbocycles. The predicted octanol–water partition coefficient (Wildman–Crippen LogP) is 3.06. The van der Waals surface area contributed by atoms with Crippen LogP contribution in [0.4, 0.5) is 0 Å². The standard InChI is InChI=1S/C23H31N3O2/c1-23(2,3)24-21(27)17-25(4)18-22(28)26(15-19-11-7-5-8-12-19)16-20-13-9-6-10-14-20/h5-14H,15-18H2,1-4H3,(H,24,27). The number of amides is 2. The number of carbonyl (C=O) groups is 2. The number of benzene rings is 2.